The Morgan fingerprint density at radius 3 is 2.50 bits per heavy atom. The first-order chi connectivity index (χ1) is 8.66. The number of halogens is 3. The summed E-state index contributed by atoms with van der Waals surface area (Å²) >= 11 is 9.06. The molecule has 0 bridgehead atoms. The predicted octanol–water partition coefficient (Wildman–Crippen LogP) is 4.53. The van der Waals surface area contributed by atoms with Crippen LogP contribution in [0.15, 0.2) is 46.9 Å². The van der Waals surface area contributed by atoms with Gasteiger partial charge in [0.25, 0.3) is 0 Å². The highest BCUT2D eigenvalue weighted by Crippen LogP contribution is 2.20. The van der Waals surface area contributed by atoms with Crippen LogP contribution in [0.4, 0.5) is 4.39 Å². The molecule has 0 aromatic heterocycles. The second-order valence-electron chi connectivity index (χ2n) is 3.94. The van der Waals surface area contributed by atoms with Gasteiger partial charge in [0.2, 0.25) is 0 Å². The van der Waals surface area contributed by atoms with Crippen molar-refractivity contribution < 1.29 is 4.39 Å². The fraction of sp³-hybridized carbons (Fsp3) is 0.143. The van der Waals surface area contributed by atoms with Crippen LogP contribution >= 0.6 is 27.5 Å². The summed E-state index contributed by atoms with van der Waals surface area (Å²) in [5.41, 5.74) is 2.05. The molecule has 0 saturated heterocycles. The quantitative estimate of drug-likeness (QED) is 0.869. The van der Waals surface area contributed by atoms with Crippen LogP contribution in [-0.4, -0.2) is 0 Å². The maximum absolute atomic E-state index is 13.3. The van der Waals surface area contributed by atoms with Crippen LogP contribution in [0.3, 0.4) is 0 Å². The number of hydrogen-bond donors (Lipinski definition) is 1. The molecule has 18 heavy (non-hydrogen) atoms. The Labute approximate surface area is 119 Å². The maximum Gasteiger partial charge on any atom is 0.137 e. The minimum Gasteiger partial charge on any atom is -0.309 e. The van der Waals surface area contributed by atoms with E-state index in [1.54, 1.807) is 6.07 Å². The summed E-state index contributed by atoms with van der Waals surface area (Å²) in [5, 5.41) is 3.99. The average molecular weight is 329 g/mol. The maximum atomic E-state index is 13.3. The molecule has 0 radical (unpaired) electrons. The summed E-state index contributed by atoms with van der Waals surface area (Å²) in [4.78, 5) is 0. The average Bonchev–Trinajstić information content (AvgIpc) is 2.37. The Morgan fingerprint density at radius 2 is 1.78 bits per heavy atom. The summed E-state index contributed by atoms with van der Waals surface area (Å²) in [6, 6.07) is 12.7. The highest BCUT2D eigenvalue weighted by Gasteiger charge is 2.04. The molecular formula is C14H12BrClFN. The lowest BCUT2D eigenvalue weighted by Crippen LogP contribution is -2.13. The van der Waals surface area contributed by atoms with Crippen LogP contribution in [0.2, 0.25) is 5.02 Å². The van der Waals surface area contributed by atoms with Crippen molar-refractivity contribution in [3.8, 4) is 0 Å². The number of benzene rings is 2. The molecule has 0 fully saturated rings. The lowest BCUT2D eigenvalue weighted by molar-refractivity contribution is 0.612. The number of hydrogen-bond acceptors (Lipinski definition) is 1. The number of nitrogens with one attached hydrogen (secondary N) is 1. The van der Waals surface area contributed by atoms with Gasteiger partial charge in [-0.05, 0) is 45.3 Å². The first-order valence-corrected chi connectivity index (χ1v) is 6.72. The zero-order chi connectivity index (χ0) is 13.0. The molecule has 1 nitrogen and oxygen atoms in total. The van der Waals surface area contributed by atoms with E-state index in [1.165, 1.54) is 6.07 Å². The van der Waals surface area contributed by atoms with E-state index in [0.29, 0.717) is 11.0 Å². The predicted molar refractivity (Wildman–Crippen MR) is 76.1 cm³/mol. The normalized spacial score (nSPS) is 10.6. The molecule has 2 rings (SSSR count). The van der Waals surface area contributed by atoms with E-state index in [4.69, 9.17) is 11.6 Å². The van der Waals surface area contributed by atoms with Gasteiger partial charge < -0.3 is 5.32 Å². The molecule has 0 amide bonds. The topological polar surface area (TPSA) is 12.0 Å². The van der Waals surface area contributed by atoms with Gasteiger partial charge in [-0.3, -0.25) is 0 Å². The Bertz CT molecular complexity index is 528. The molecule has 0 unspecified atom stereocenters. The van der Waals surface area contributed by atoms with Gasteiger partial charge in [0, 0.05) is 18.1 Å². The molecule has 0 aliphatic carbocycles. The van der Waals surface area contributed by atoms with E-state index in [-0.39, 0.29) is 5.82 Å². The summed E-state index contributed by atoms with van der Waals surface area (Å²) in [6.45, 7) is 1.33. The van der Waals surface area contributed by atoms with Crippen molar-refractivity contribution in [3.63, 3.8) is 0 Å². The van der Waals surface area contributed by atoms with Crippen LogP contribution in [0.1, 0.15) is 11.1 Å². The van der Waals surface area contributed by atoms with Crippen molar-refractivity contribution in [2.75, 3.05) is 0 Å². The summed E-state index contributed by atoms with van der Waals surface area (Å²) in [7, 11) is 0. The third-order valence-corrected chi connectivity index (χ3v) is 3.73. The van der Waals surface area contributed by atoms with Gasteiger partial charge in [-0.25, -0.2) is 4.39 Å². The van der Waals surface area contributed by atoms with Crippen LogP contribution in [0, 0.1) is 5.82 Å². The van der Waals surface area contributed by atoms with E-state index in [2.05, 4.69) is 21.2 Å². The Kier molecular flexibility index (Phi) is 4.75. The van der Waals surface area contributed by atoms with Crippen LogP contribution in [-0.2, 0) is 13.1 Å². The van der Waals surface area contributed by atoms with Crippen molar-refractivity contribution in [3.05, 3.63) is 68.9 Å². The zero-order valence-electron chi connectivity index (χ0n) is 9.59. The summed E-state index contributed by atoms with van der Waals surface area (Å²) in [5.74, 6) is -0.235. The smallest absolute Gasteiger partial charge is 0.137 e. The lowest BCUT2D eigenvalue weighted by atomic mass is 10.2. The monoisotopic (exact) mass is 327 g/mol. The van der Waals surface area contributed by atoms with Crippen molar-refractivity contribution in [2.45, 2.75) is 13.1 Å². The van der Waals surface area contributed by atoms with E-state index < -0.39 is 0 Å². The third-order valence-electron chi connectivity index (χ3n) is 2.59. The molecule has 2 aromatic rings. The molecule has 0 aliphatic heterocycles. The molecule has 4 heteroatoms. The molecular weight excluding hydrogens is 317 g/mol. The Morgan fingerprint density at radius 1 is 1.06 bits per heavy atom. The van der Waals surface area contributed by atoms with Gasteiger partial charge in [-0.2, -0.15) is 0 Å². The van der Waals surface area contributed by atoms with Crippen LogP contribution in [0.25, 0.3) is 0 Å². The summed E-state index contributed by atoms with van der Waals surface area (Å²) < 4.78 is 13.8. The third kappa shape index (κ3) is 3.55. The van der Waals surface area contributed by atoms with Crippen molar-refractivity contribution in [1.82, 2.24) is 5.32 Å². The molecule has 1 N–H and O–H groups in total. The fourth-order valence-corrected chi connectivity index (χ4v) is 2.16. The van der Waals surface area contributed by atoms with E-state index in [1.807, 2.05) is 30.3 Å². The van der Waals surface area contributed by atoms with Gasteiger partial charge in [0.1, 0.15) is 5.82 Å². The van der Waals surface area contributed by atoms with Gasteiger partial charge >= 0.3 is 0 Å². The Balaban J connectivity index is 1.92. The van der Waals surface area contributed by atoms with E-state index >= 15 is 0 Å². The standard InChI is InChI=1S/C14H12BrClFN/c15-14-11(2-1-3-13(14)17)9-18-8-10-4-6-12(16)7-5-10/h1-7,18H,8-9H2. The summed E-state index contributed by atoms with van der Waals surface area (Å²) in [6.07, 6.45) is 0. The first-order valence-electron chi connectivity index (χ1n) is 5.55. The zero-order valence-corrected chi connectivity index (χ0v) is 11.9. The molecule has 0 heterocycles. The highest BCUT2D eigenvalue weighted by molar-refractivity contribution is 9.10. The van der Waals surface area contributed by atoms with Gasteiger partial charge in [-0.15, -0.1) is 0 Å². The molecule has 0 spiro atoms. The highest BCUT2D eigenvalue weighted by atomic mass is 79.9. The second-order valence-corrected chi connectivity index (χ2v) is 5.17. The molecule has 2 aromatic carbocycles. The first kappa shape index (κ1) is 13.5. The van der Waals surface area contributed by atoms with Crippen molar-refractivity contribution >= 4 is 27.5 Å². The van der Waals surface area contributed by atoms with E-state index in [9.17, 15) is 4.39 Å². The molecule has 94 valence electrons. The van der Waals surface area contributed by atoms with Gasteiger partial charge in [0.05, 0.1) is 4.47 Å². The fourth-order valence-electron chi connectivity index (χ4n) is 1.63. The van der Waals surface area contributed by atoms with Crippen molar-refractivity contribution in [1.29, 1.82) is 0 Å². The molecule has 0 atom stereocenters. The van der Waals surface area contributed by atoms with Gasteiger partial charge in [-0.1, -0.05) is 35.9 Å². The molecule has 0 aliphatic rings. The minimum atomic E-state index is -0.235. The number of rotatable bonds is 4. The van der Waals surface area contributed by atoms with E-state index in [0.717, 1.165) is 22.7 Å². The second kappa shape index (κ2) is 6.32. The Hall–Kier alpha value is -0.900. The van der Waals surface area contributed by atoms with Crippen LogP contribution < -0.4 is 5.32 Å². The molecule has 0 saturated carbocycles. The SMILES string of the molecule is Fc1cccc(CNCc2ccc(Cl)cc2)c1Br. The van der Waals surface area contributed by atoms with Crippen LogP contribution in [0.5, 0.6) is 0 Å². The van der Waals surface area contributed by atoms with Crippen molar-refractivity contribution in [2.24, 2.45) is 0 Å². The minimum absolute atomic E-state index is 0.235. The van der Waals surface area contributed by atoms with Gasteiger partial charge in [0.15, 0.2) is 0 Å². The largest absolute Gasteiger partial charge is 0.309 e. The lowest BCUT2D eigenvalue weighted by Gasteiger charge is -2.07.